The highest BCUT2D eigenvalue weighted by Crippen LogP contribution is 2.52. The number of carbonyl (C=O) groups excluding carboxylic acids is 1. The van der Waals surface area contributed by atoms with E-state index in [2.05, 4.69) is 5.32 Å². The van der Waals surface area contributed by atoms with Gasteiger partial charge in [0.25, 0.3) is 0 Å². The fourth-order valence-corrected chi connectivity index (χ4v) is 3.18. The summed E-state index contributed by atoms with van der Waals surface area (Å²) in [6.07, 6.45) is 3.37. The molecule has 2 aliphatic rings. The van der Waals surface area contributed by atoms with Gasteiger partial charge in [-0.2, -0.15) is 0 Å². The van der Waals surface area contributed by atoms with E-state index < -0.39 is 5.92 Å². The average Bonchev–Trinajstić information content (AvgIpc) is 2.76. The molecular weight excluding hydrogens is 310 g/mol. The Bertz CT molecular complexity index is 887. The van der Waals surface area contributed by atoms with Crippen molar-refractivity contribution in [1.82, 2.24) is 5.32 Å². The largest absolute Gasteiger partial charge is 0.504 e. The van der Waals surface area contributed by atoms with Crippen LogP contribution in [0.4, 0.5) is 0 Å². The maximum Gasteiger partial charge on any atom is 0.236 e. The fraction of sp³-hybridized carbons (Fsp3) is 0.167. The SMILES string of the molecule is COc1cc2c(cc1OC)C1C(=O)NC=Cc3ccc(O)c(c31)O2. The van der Waals surface area contributed by atoms with Crippen molar-refractivity contribution in [2.24, 2.45) is 0 Å². The first-order chi connectivity index (χ1) is 11.6. The van der Waals surface area contributed by atoms with Gasteiger partial charge in [-0.25, -0.2) is 0 Å². The molecule has 0 bridgehead atoms. The Hall–Kier alpha value is -3.15. The molecule has 6 nitrogen and oxygen atoms in total. The Morgan fingerprint density at radius 2 is 1.92 bits per heavy atom. The predicted octanol–water partition coefficient (Wildman–Crippen LogP) is 2.75. The molecule has 2 N–H and O–H groups in total. The molecule has 0 spiro atoms. The second kappa shape index (κ2) is 5.19. The second-order valence-corrected chi connectivity index (χ2v) is 5.54. The van der Waals surface area contributed by atoms with E-state index in [0.717, 1.165) is 5.56 Å². The summed E-state index contributed by atoms with van der Waals surface area (Å²) in [7, 11) is 3.06. The van der Waals surface area contributed by atoms with Gasteiger partial charge in [0.2, 0.25) is 5.91 Å². The molecule has 0 saturated heterocycles. The minimum atomic E-state index is -0.611. The zero-order chi connectivity index (χ0) is 16.8. The van der Waals surface area contributed by atoms with Crippen LogP contribution in [-0.2, 0) is 4.79 Å². The third kappa shape index (κ3) is 1.93. The van der Waals surface area contributed by atoms with Crippen LogP contribution < -0.4 is 19.5 Å². The van der Waals surface area contributed by atoms with Crippen LogP contribution in [0.1, 0.15) is 22.6 Å². The molecule has 2 heterocycles. The minimum absolute atomic E-state index is 0.0118. The van der Waals surface area contributed by atoms with E-state index in [0.29, 0.717) is 34.1 Å². The van der Waals surface area contributed by atoms with E-state index >= 15 is 0 Å². The lowest BCUT2D eigenvalue weighted by molar-refractivity contribution is -0.120. The summed E-state index contributed by atoms with van der Waals surface area (Å²) in [5.74, 6) is 0.919. The minimum Gasteiger partial charge on any atom is -0.504 e. The van der Waals surface area contributed by atoms with Crippen molar-refractivity contribution in [3.05, 3.63) is 47.2 Å². The number of benzene rings is 2. The van der Waals surface area contributed by atoms with E-state index in [-0.39, 0.29) is 11.7 Å². The number of aromatic hydroxyl groups is 1. The van der Waals surface area contributed by atoms with Crippen molar-refractivity contribution in [1.29, 1.82) is 0 Å². The van der Waals surface area contributed by atoms with Crippen molar-refractivity contribution < 1.29 is 24.1 Å². The van der Waals surface area contributed by atoms with Gasteiger partial charge >= 0.3 is 0 Å². The summed E-state index contributed by atoms with van der Waals surface area (Å²) in [6, 6.07) is 6.71. The van der Waals surface area contributed by atoms with Crippen LogP contribution in [0.25, 0.3) is 6.08 Å². The van der Waals surface area contributed by atoms with Crippen molar-refractivity contribution in [2.45, 2.75) is 5.92 Å². The molecule has 2 aromatic carbocycles. The molecule has 1 amide bonds. The van der Waals surface area contributed by atoms with Gasteiger partial charge in [-0.15, -0.1) is 0 Å². The molecule has 0 aromatic heterocycles. The Labute approximate surface area is 138 Å². The van der Waals surface area contributed by atoms with Gasteiger partial charge in [-0.1, -0.05) is 6.07 Å². The first kappa shape index (κ1) is 14.4. The highest BCUT2D eigenvalue weighted by molar-refractivity contribution is 5.94. The van der Waals surface area contributed by atoms with Crippen LogP contribution in [-0.4, -0.2) is 25.2 Å². The molecule has 2 aliphatic heterocycles. The van der Waals surface area contributed by atoms with E-state index in [1.165, 1.54) is 14.2 Å². The zero-order valence-electron chi connectivity index (χ0n) is 13.1. The van der Waals surface area contributed by atoms with Gasteiger partial charge < -0.3 is 24.6 Å². The zero-order valence-corrected chi connectivity index (χ0v) is 13.1. The smallest absolute Gasteiger partial charge is 0.236 e. The van der Waals surface area contributed by atoms with Crippen LogP contribution in [0.5, 0.6) is 28.7 Å². The number of amides is 1. The van der Waals surface area contributed by atoms with Gasteiger partial charge in [0.15, 0.2) is 23.0 Å². The third-order valence-electron chi connectivity index (χ3n) is 4.29. The Kier molecular flexibility index (Phi) is 3.13. The van der Waals surface area contributed by atoms with Gasteiger partial charge in [-0.05, 0) is 23.8 Å². The molecule has 1 atom stereocenters. The Morgan fingerprint density at radius 3 is 2.67 bits per heavy atom. The van der Waals surface area contributed by atoms with Crippen LogP contribution in [0.3, 0.4) is 0 Å². The number of hydrogen-bond donors (Lipinski definition) is 2. The lowest BCUT2D eigenvalue weighted by atomic mass is 9.84. The maximum absolute atomic E-state index is 12.7. The first-order valence-electron chi connectivity index (χ1n) is 7.40. The molecule has 4 rings (SSSR count). The first-order valence-corrected chi connectivity index (χ1v) is 7.40. The number of nitrogens with one attached hydrogen (secondary N) is 1. The van der Waals surface area contributed by atoms with Crippen molar-refractivity contribution in [2.75, 3.05) is 14.2 Å². The normalized spacial score (nSPS) is 17.1. The molecule has 24 heavy (non-hydrogen) atoms. The fourth-order valence-electron chi connectivity index (χ4n) is 3.18. The van der Waals surface area contributed by atoms with E-state index in [1.54, 1.807) is 36.5 Å². The van der Waals surface area contributed by atoms with E-state index in [9.17, 15) is 9.90 Å². The van der Waals surface area contributed by atoms with E-state index in [4.69, 9.17) is 14.2 Å². The monoisotopic (exact) mass is 325 g/mol. The molecule has 0 saturated carbocycles. The van der Waals surface area contributed by atoms with Crippen LogP contribution in [0.2, 0.25) is 0 Å². The highest BCUT2D eigenvalue weighted by atomic mass is 16.5. The quantitative estimate of drug-likeness (QED) is 0.888. The van der Waals surface area contributed by atoms with Gasteiger partial charge in [-0.3, -0.25) is 4.79 Å². The van der Waals surface area contributed by atoms with E-state index in [1.807, 2.05) is 0 Å². The molecular formula is C18H15NO5. The number of hydrogen-bond acceptors (Lipinski definition) is 5. The summed E-state index contributed by atoms with van der Waals surface area (Å²) in [5, 5.41) is 13.0. The van der Waals surface area contributed by atoms with Crippen LogP contribution in [0.15, 0.2) is 30.5 Å². The maximum atomic E-state index is 12.7. The molecule has 0 aliphatic carbocycles. The number of rotatable bonds is 2. The number of fused-ring (bicyclic) bond motifs is 2. The van der Waals surface area contributed by atoms with Gasteiger partial charge in [0.1, 0.15) is 5.75 Å². The van der Waals surface area contributed by atoms with Crippen molar-refractivity contribution in [3.63, 3.8) is 0 Å². The molecule has 122 valence electrons. The second-order valence-electron chi connectivity index (χ2n) is 5.54. The topological polar surface area (TPSA) is 77.0 Å². The van der Waals surface area contributed by atoms with Crippen LogP contribution >= 0.6 is 0 Å². The molecule has 6 heteroatoms. The predicted molar refractivity (Wildman–Crippen MR) is 86.7 cm³/mol. The van der Waals surface area contributed by atoms with Crippen molar-refractivity contribution >= 4 is 12.0 Å². The summed E-state index contributed by atoms with van der Waals surface area (Å²) < 4.78 is 16.5. The molecule has 0 fully saturated rings. The van der Waals surface area contributed by atoms with Crippen molar-refractivity contribution in [3.8, 4) is 28.7 Å². The number of methoxy groups -OCH3 is 2. The Balaban J connectivity index is 2.01. The highest BCUT2D eigenvalue weighted by Gasteiger charge is 2.37. The summed E-state index contributed by atoms with van der Waals surface area (Å²) in [6.45, 7) is 0. The van der Waals surface area contributed by atoms with Crippen LogP contribution in [0, 0.1) is 0 Å². The molecule has 1 unspecified atom stereocenters. The lowest BCUT2D eigenvalue weighted by Crippen LogP contribution is -2.27. The van der Waals surface area contributed by atoms with Gasteiger partial charge in [0.05, 0.1) is 20.1 Å². The lowest BCUT2D eigenvalue weighted by Gasteiger charge is -2.29. The number of carbonyl (C=O) groups is 1. The summed E-state index contributed by atoms with van der Waals surface area (Å²) in [4.78, 5) is 12.7. The Morgan fingerprint density at radius 1 is 1.17 bits per heavy atom. The molecule has 2 aromatic rings. The number of ether oxygens (including phenoxy) is 3. The standard InChI is InChI=1S/C18H15NO5/c1-22-13-7-10-12(8-14(13)23-2)24-17-11(20)4-3-9-5-6-19-18(21)16(10)15(9)17/h3-8,16,20H,1-2H3,(H,19,21). The number of phenolic OH excluding ortho intramolecular Hbond substituents is 1. The third-order valence-corrected chi connectivity index (χ3v) is 4.29. The summed E-state index contributed by atoms with van der Waals surface area (Å²) in [5.41, 5.74) is 2.11. The summed E-state index contributed by atoms with van der Waals surface area (Å²) >= 11 is 0. The number of phenols is 1. The average molecular weight is 325 g/mol. The van der Waals surface area contributed by atoms with Gasteiger partial charge in [0, 0.05) is 23.4 Å². The molecule has 0 radical (unpaired) electrons.